The van der Waals surface area contributed by atoms with Crippen molar-refractivity contribution < 1.29 is 9.84 Å². The predicted octanol–water partition coefficient (Wildman–Crippen LogP) is 3.10. The van der Waals surface area contributed by atoms with Crippen LogP contribution < -0.4 is 10.1 Å². The Hall–Kier alpha value is -1.06. The second-order valence-electron chi connectivity index (χ2n) is 6.06. The molecule has 3 heteroatoms. The van der Waals surface area contributed by atoms with Gasteiger partial charge < -0.3 is 15.2 Å². The fourth-order valence-corrected chi connectivity index (χ4v) is 3.02. The topological polar surface area (TPSA) is 41.5 Å². The molecule has 0 radical (unpaired) electrons. The minimum atomic E-state index is -0.610. The molecule has 0 heterocycles. The molecule has 1 saturated carbocycles. The van der Waals surface area contributed by atoms with Gasteiger partial charge in [0.05, 0.1) is 5.60 Å². The van der Waals surface area contributed by atoms with Crippen molar-refractivity contribution in [1.29, 1.82) is 0 Å². The van der Waals surface area contributed by atoms with Gasteiger partial charge in [-0.15, -0.1) is 0 Å². The predicted molar refractivity (Wildman–Crippen MR) is 82.2 cm³/mol. The fourth-order valence-electron chi connectivity index (χ4n) is 3.02. The van der Waals surface area contributed by atoms with Gasteiger partial charge >= 0.3 is 0 Å². The molecule has 1 fully saturated rings. The third kappa shape index (κ3) is 3.74. The highest BCUT2D eigenvalue weighted by molar-refractivity contribution is 5.43. The Morgan fingerprint density at radius 3 is 2.35 bits per heavy atom. The molecule has 0 amide bonds. The van der Waals surface area contributed by atoms with Gasteiger partial charge in [-0.25, -0.2) is 0 Å². The molecule has 0 aromatic heterocycles. The molecule has 1 aliphatic rings. The maximum atomic E-state index is 10.4. The van der Waals surface area contributed by atoms with E-state index in [1.807, 2.05) is 0 Å². The fraction of sp³-hybridized carbons (Fsp3) is 0.647. The highest BCUT2D eigenvalue weighted by Crippen LogP contribution is 2.32. The van der Waals surface area contributed by atoms with Crippen molar-refractivity contribution in [2.45, 2.75) is 58.6 Å². The first-order valence-electron chi connectivity index (χ1n) is 7.70. The van der Waals surface area contributed by atoms with Gasteiger partial charge in [0.1, 0.15) is 12.4 Å². The van der Waals surface area contributed by atoms with E-state index in [0.29, 0.717) is 6.61 Å². The van der Waals surface area contributed by atoms with Gasteiger partial charge in [-0.05, 0) is 49.9 Å². The van der Waals surface area contributed by atoms with Crippen LogP contribution >= 0.6 is 0 Å². The third-order valence-electron chi connectivity index (χ3n) is 4.12. The summed E-state index contributed by atoms with van der Waals surface area (Å²) < 4.78 is 5.94. The van der Waals surface area contributed by atoms with Crippen molar-refractivity contribution in [3.63, 3.8) is 0 Å². The maximum Gasteiger partial charge on any atom is 0.125 e. The Balaban J connectivity index is 2.04. The van der Waals surface area contributed by atoms with E-state index in [-0.39, 0.29) is 0 Å². The standard InChI is InChI=1S/C17H27NO2/c1-4-18-11-15-9-13(2)16(14(3)10-15)20-12-17(19)7-5-6-8-17/h9-10,18-19H,4-8,11-12H2,1-3H3. The molecule has 20 heavy (non-hydrogen) atoms. The molecule has 0 aliphatic heterocycles. The van der Waals surface area contributed by atoms with Crippen LogP contribution in [0.5, 0.6) is 5.75 Å². The van der Waals surface area contributed by atoms with Crippen molar-refractivity contribution in [2.75, 3.05) is 13.2 Å². The van der Waals surface area contributed by atoms with Crippen molar-refractivity contribution >= 4 is 0 Å². The van der Waals surface area contributed by atoms with Gasteiger partial charge in [0, 0.05) is 6.54 Å². The van der Waals surface area contributed by atoms with Crippen LogP contribution in [-0.2, 0) is 6.54 Å². The van der Waals surface area contributed by atoms with Crippen LogP contribution in [0.2, 0.25) is 0 Å². The second-order valence-corrected chi connectivity index (χ2v) is 6.06. The SMILES string of the molecule is CCNCc1cc(C)c(OCC2(O)CCCC2)c(C)c1. The van der Waals surface area contributed by atoms with E-state index in [4.69, 9.17) is 4.74 Å². The van der Waals surface area contributed by atoms with E-state index in [1.54, 1.807) is 0 Å². The lowest BCUT2D eigenvalue weighted by Gasteiger charge is -2.24. The Morgan fingerprint density at radius 2 is 1.80 bits per heavy atom. The van der Waals surface area contributed by atoms with E-state index in [2.05, 4.69) is 38.2 Å². The molecule has 1 aliphatic carbocycles. The van der Waals surface area contributed by atoms with Crippen LogP contribution in [0.1, 0.15) is 49.3 Å². The monoisotopic (exact) mass is 277 g/mol. The average molecular weight is 277 g/mol. The van der Waals surface area contributed by atoms with Crippen LogP contribution in [0.25, 0.3) is 0 Å². The lowest BCUT2D eigenvalue weighted by atomic mass is 10.0. The zero-order chi connectivity index (χ0) is 14.6. The van der Waals surface area contributed by atoms with Crippen molar-refractivity contribution in [1.82, 2.24) is 5.32 Å². The van der Waals surface area contributed by atoms with Crippen molar-refractivity contribution in [3.05, 3.63) is 28.8 Å². The number of ether oxygens (including phenoxy) is 1. The number of rotatable bonds is 6. The molecule has 2 N–H and O–H groups in total. The highest BCUT2D eigenvalue weighted by atomic mass is 16.5. The van der Waals surface area contributed by atoms with Crippen molar-refractivity contribution in [2.24, 2.45) is 0 Å². The van der Waals surface area contributed by atoms with Gasteiger partial charge in [-0.2, -0.15) is 0 Å². The zero-order valence-corrected chi connectivity index (χ0v) is 13.0. The van der Waals surface area contributed by atoms with Crippen LogP contribution in [0.4, 0.5) is 0 Å². The van der Waals surface area contributed by atoms with Crippen LogP contribution in [0.3, 0.4) is 0 Å². The average Bonchev–Trinajstić information content (AvgIpc) is 2.82. The largest absolute Gasteiger partial charge is 0.490 e. The van der Waals surface area contributed by atoms with E-state index < -0.39 is 5.60 Å². The molecule has 3 nitrogen and oxygen atoms in total. The summed E-state index contributed by atoms with van der Waals surface area (Å²) in [5.41, 5.74) is 2.98. The first-order chi connectivity index (χ1) is 9.54. The van der Waals surface area contributed by atoms with Crippen LogP contribution in [-0.4, -0.2) is 23.9 Å². The minimum Gasteiger partial charge on any atom is -0.490 e. The van der Waals surface area contributed by atoms with Gasteiger partial charge in [0.15, 0.2) is 0 Å². The molecule has 0 bridgehead atoms. The van der Waals surface area contributed by atoms with E-state index >= 15 is 0 Å². The van der Waals surface area contributed by atoms with Gasteiger partial charge in [0.2, 0.25) is 0 Å². The Bertz CT molecular complexity index is 427. The Kier molecular flexibility index (Phi) is 5.06. The lowest BCUT2D eigenvalue weighted by molar-refractivity contribution is 0.00103. The Labute approximate surface area is 122 Å². The molecule has 112 valence electrons. The van der Waals surface area contributed by atoms with Crippen LogP contribution in [0, 0.1) is 13.8 Å². The summed E-state index contributed by atoms with van der Waals surface area (Å²) in [5.74, 6) is 0.936. The van der Waals surface area contributed by atoms with Gasteiger partial charge in [-0.1, -0.05) is 31.9 Å². The van der Waals surface area contributed by atoms with Gasteiger partial charge in [-0.3, -0.25) is 0 Å². The van der Waals surface area contributed by atoms with Crippen LogP contribution in [0.15, 0.2) is 12.1 Å². The molecule has 1 aromatic rings. The minimum absolute atomic E-state index is 0.418. The number of hydrogen-bond donors (Lipinski definition) is 2. The first kappa shape index (κ1) is 15.3. The first-order valence-corrected chi connectivity index (χ1v) is 7.70. The molecule has 1 aromatic carbocycles. The van der Waals surface area contributed by atoms with E-state index in [0.717, 1.165) is 55.6 Å². The van der Waals surface area contributed by atoms with Crippen molar-refractivity contribution in [3.8, 4) is 5.75 Å². The zero-order valence-electron chi connectivity index (χ0n) is 13.0. The molecule has 0 spiro atoms. The number of aliphatic hydroxyl groups is 1. The normalized spacial score (nSPS) is 17.4. The summed E-state index contributed by atoms with van der Waals surface area (Å²) in [6.07, 6.45) is 3.95. The second kappa shape index (κ2) is 6.59. The van der Waals surface area contributed by atoms with E-state index in [9.17, 15) is 5.11 Å². The number of benzene rings is 1. The van der Waals surface area contributed by atoms with Gasteiger partial charge in [0.25, 0.3) is 0 Å². The summed E-state index contributed by atoms with van der Waals surface area (Å²) in [6.45, 7) is 8.56. The summed E-state index contributed by atoms with van der Waals surface area (Å²) in [7, 11) is 0. The molecule has 0 saturated heterocycles. The summed E-state index contributed by atoms with van der Waals surface area (Å²) in [5, 5.41) is 13.7. The Morgan fingerprint density at radius 1 is 1.20 bits per heavy atom. The summed E-state index contributed by atoms with van der Waals surface area (Å²) in [4.78, 5) is 0. The maximum absolute atomic E-state index is 10.4. The quantitative estimate of drug-likeness (QED) is 0.839. The molecule has 0 unspecified atom stereocenters. The summed E-state index contributed by atoms with van der Waals surface area (Å²) in [6, 6.07) is 4.34. The third-order valence-corrected chi connectivity index (χ3v) is 4.12. The number of nitrogens with one attached hydrogen (secondary N) is 1. The smallest absolute Gasteiger partial charge is 0.125 e. The number of aryl methyl sites for hydroxylation is 2. The molecular weight excluding hydrogens is 250 g/mol. The molecule has 2 rings (SSSR count). The van der Waals surface area contributed by atoms with E-state index in [1.165, 1.54) is 5.56 Å². The highest BCUT2D eigenvalue weighted by Gasteiger charge is 2.32. The molecular formula is C17H27NO2. The number of hydrogen-bond acceptors (Lipinski definition) is 3. The molecule has 0 atom stereocenters. The lowest BCUT2D eigenvalue weighted by Crippen LogP contribution is -2.32. The summed E-state index contributed by atoms with van der Waals surface area (Å²) >= 11 is 0.